The van der Waals surface area contributed by atoms with E-state index in [0.717, 1.165) is 67.5 Å². The van der Waals surface area contributed by atoms with Crippen molar-refractivity contribution in [1.29, 1.82) is 0 Å². The first-order valence-corrected chi connectivity index (χ1v) is 10.0. The number of aryl methyl sites for hydroxylation is 2. The first-order chi connectivity index (χ1) is 13.6. The van der Waals surface area contributed by atoms with Crippen molar-refractivity contribution in [3.63, 3.8) is 0 Å². The van der Waals surface area contributed by atoms with E-state index in [1.807, 2.05) is 6.92 Å². The SMILES string of the molecule is CCCn1c(-c2ccc(F)cc2)nc2c(NCCN(CC)CC)nc(C)nc21. The lowest BCUT2D eigenvalue weighted by Crippen LogP contribution is -2.28. The van der Waals surface area contributed by atoms with Crippen LogP contribution in [0.2, 0.25) is 0 Å². The molecule has 150 valence electrons. The van der Waals surface area contributed by atoms with Crippen LogP contribution in [0.15, 0.2) is 24.3 Å². The van der Waals surface area contributed by atoms with Crippen LogP contribution in [0.4, 0.5) is 10.2 Å². The lowest BCUT2D eigenvalue weighted by molar-refractivity contribution is 0.316. The molecule has 0 atom stereocenters. The highest BCUT2D eigenvalue weighted by Crippen LogP contribution is 2.28. The Morgan fingerprint density at radius 3 is 2.39 bits per heavy atom. The number of likely N-dealkylation sites (N-methyl/N-ethyl adjacent to an activating group) is 1. The van der Waals surface area contributed by atoms with Gasteiger partial charge in [0, 0.05) is 25.2 Å². The molecular formula is C21H29FN6. The van der Waals surface area contributed by atoms with Gasteiger partial charge in [-0.15, -0.1) is 0 Å². The highest BCUT2D eigenvalue weighted by molar-refractivity contribution is 5.86. The van der Waals surface area contributed by atoms with Crippen molar-refractivity contribution in [2.24, 2.45) is 0 Å². The first-order valence-electron chi connectivity index (χ1n) is 10.0. The molecule has 0 saturated heterocycles. The standard InChI is InChI=1S/C21H29FN6/c1-5-13-28-20(16-8-10-17(22)11-9-16)26-18-19(24-15(4)25-21(18)28)23-12-14-27(6-2)7-3/h8-11H,5-7,12-14H2,1-4H3,(H,23,24,25). The average molecular weight is 385 g/mol. The van der Waals surface area contributed by atoms with Gasteiger partial charge in [-0.25, -0.2) is 19.3 Å². The zero-order valence-electron chi connectivity index (χ0n) is 17.2. The molecule has 28 heavy (non-hydrogen) atoms. The third-order valence-corrected chi connectivity index (χ3v) is 4.87. The van der Waals surface area contributed by atoms with Gasteiger partial charge in [0.05, 0.1) is 0 Å². The van der Waals surface area contributed by atoms with Crippen molar-refractivity contribution < 1.29 is 4.39 Å². The predicted octanol–water partition coefficient (Wildman–Crippen LogP) is 4.10. The predicted molar refractivity (Wildman–Crippen MR) is 112 cm³/mol. The summed E-state index contributed by atoms with van der Waals surface area (Å²) in [6.07, 6.45) is 0.952. The van der Waals surface area contributed by atoms with E-state index in [0.29, 0.717) is 5.82 Å². The van der Waals surface area contributed by atoms with Crippen molar-refractivity contribution in [3.05, 3.63) is 35.9 Å². The van der Waals surface area contributed by atoms with Crippen molar-refractivity contribution in [3.8, 4) is 11.4 Å². The van der Waals surface area contributed by atoms with E-state index < -0.39 is 0 Å². The summed E-state index contributed by atoms with van der Waals surface area (Å²) >= 11 is 0. The van der Waals surface area contributed by atoms with Crippen LogP contribution in [-0.4, -0.2) is 50.6 Å². The summed E-state index contributed by atoms with van der Waals surface area (Å²) in [5, 5.41) is 3.44. The minimum Gasteiger partial charge on any atom is -0.367 e. The molecule has 0 amide bonds. The van der Waals surface area contributed by atoms with E-state index in [1.54, 1.807) is 12.1 Å². The molecule has 1 N–H and O–H groups in total. The topological polar surface area (TPSA) is 58.9 Å². The molecule has 6 nitrogen and oxygen atoms in total. The quantitative estimate of drug-likeness (QED) is 0.602. The number of imidazole rings is 1. The molecule has 1 aromatic carbocycles. The van der Waals surface area contributed by atoms with Crippen molar-refractivity contribution in [2.75, 3.05) is 31.5 Å². The number of hydrogen-bond donors (Lipinski definition) is 1. The Morgan fingerprint density at radius 1 is 1.04 bits per heavy atom. The molecule has 0 spiro atoms. The summed E-state index contributed by atoms with van der Waals surface area (Å²) in [5.74, 6) is 2.01. The van der Waals surface area contributed by atoms with Gasteiger partial charge in [-0.2, -0.15) is 0 Å². The van der Waals surface area contributed by atoms with Gasteiger partial charge in [-0.05, 0) is 50.7 Å². The van der Waals surface area contributed by atoms with Crippen LogP contribution in [0.3, 0.4) is 0 Å². The minimum atomic E-state index is -0.253. The Balaban J connectivity index is 2.01. The average Bonchev–Trinajstić information content (AvgIpc) is 3.04. The fourth-order valence-electron chi connectivity index (χ4n) is 3.36. The van der Waals surface area contributed by atoms with E-state index in [1.165, 1.54) is 12.1 Å². The number of nitrogens with one attached hydrogen (secondary N) is 1. The smallest absolute Gasteiger partial charge is 0.166 e. The fourth-order valence-corrected chi connectivity index (χ4v) is 3.36. The van der Waals surface area contributed by atoms with Gasteiger partial charge in [0.1, 0.15) is 17.5 Å². The van der Waals surface area contributed by atoms with Crippen LogP contribution in [0.5, 0.6) is 0 Å². The fraction of sp³-hybridized carbons (Fsp3) is 0.476. The first kappa shape index (κ1) is 20.2. The van der Waals surface area contributed by atoms with Gasteiger partial charge in [0.15, 0.2) is 17.0 Å². The van der Waals surface area contributed by atoms with Crippen molar-refractivity contribution >= 4 is 17.0 Å². The Bertz CT molecular complexity index is 915. The summed E-state index contributed by atoms with van der Waals surface area (Å²) in [5.41, 5.74) is 2.46. The molecule has 0 aliphatic rings. The molecule has 0 saturated carbocycles. The maximum absolute atomic E-state index is 13.4. The molecule has 2 aromatic heterocycles. The number of aromatic nitrogens is 4. The highest BCUT2D eigenvalue weighted by Gasteiger charge is 2.18. The number of benzene rings is 1. The molecular weight excluding hydrogens is 355 g/mol. The van der Waals surface area contributed by atoms with E-state index in [-0.39, 0.29) is 5.82 Å². The van der Waals surface area contributed by atoms with Crippen LogP contribution in [0.1, 0.15) is 33.0 Å². The molecule has 7 heteroatoms. The summed E-state index contributed by atoms with van der Waals surface area (Å²) in [4.78, 5) is 16.5. The molecule has 0 radical (unpaired) electrons. The number of hydrogen-bond acceptors (Lipinski definition) is 5. The lowest BCUT2D eigenvalue weighted by atomic mass is 10.2. The zero-order chi connectivity index (χ0) is 20.1. The maximum atomic E-state index is 13.4. The number of fused-ring (bicyclic) bond motifs is 1. The minimum absolute atomic E-state index is 0.253. The van der Waals surface area contributed by atoms with Gasteiger partial charge in [0.25, 0.3) is 0 Å². The third kappa shape index (κ3) is 4.30. The Labute approximate surface area is 165 Å². The molecule has 0 fully saturated rings. The van der Waals surface area contributed by atoms with Crippen LogP contribution < -0.4 is 5.32 Å². The summed E-state index contributed by atoms with van der Waals surface area (Å²) in [7, 11) is 0. The number of halogens is 1. The molecule has 0 aliphatic heterocycles. The molecule has 0 bridgehead atoms. The number of anilines is 1. The molecule has 3 aromatic rings. The molecule has 0 aliphatic carbocycles. The van der Waals surface area contributed by atoms with Gasteiger partial charge < -0.3 is 14.8 Å². The van der Waals surface area contributed by atoms with Crippen molar-refractivity contribution in [1.82, 2.24) is 24.4 Å². The Hall–Kier alpha value is -2.54. The van der Waals surface area contributed by atoms with Gasteiger partial charge in [0.2, 0.25) is 0 Å². The van der Waals surface area contributed by atoms with E-state index >= 15 is 0 Å². The summed E-state index contributed by atoms with van der Waals surface area (Å²) in [6, 6.07) is 6.45. The maximum Gasteiger partial charge on any atom is 0.166 e. The molecule has 3 rings (SSSR count). The monoisotopic (exact) mass is 384 g/mol. The van der Waals surface area contributed by atoms with Gasteiger partial charge >= 0.3 is 0 Å². The largest absolute Gasteiger partial charge is 0.367 e. The zero-order valence-corrected chi connectivity index (χ0v) is 17.2. The Kier molecular flexibility index (Phi) is 6.57. The van der Waals surface area contributed by atoms with E-state index in [2.05, 4.69) is 45.5 Å². The molecule has 0 unspecified atom stereocenters. The second-order valence-electron chi connectivity index (χ2n) is 6.84. The second kappa shape index (κ2) is 9.10. The highest BCUT2D eigenvalue weighted by atomic mass is 19.1. The number of nitrogens with zero attached hydrogens (tertiary/aromatic N) is 5. The van der Waals surface area contributed by atoms with Crippen LogP contribution in [0, 0.1) is 12.7 Å². The number of rotatable bonds is 9. The van der Waals surface area contributed by atoms with Crippen LogP contribution in [-0.2, 0) is 6.54 Å². The van der Waals surface area contributed by atoms with Crippen LogP contribution in [0.25, 0.3) is 22.6 Å². The van der Waals surface area contributed by atoms with Crippen molar-refractivity contribution in [2.45, 2.75) is 40.7 Å². The Morgan fingerprint density at radius 2 is 1.75 bits per heavy atom. The van der Waals surface area contributed by atoms with Gasteiger partial charge in [-0.3, -0.25) is 0 Å². The second-order valence-corrected chi connectivity index (χ2v) is 6.84. The van der Waals surface area contributed by atoms with E-state index in [4.69, 9.17) is 4.98 Å². The summed E-state index contributed by atoms with van der Waals surface area (Å²) in [6.45, 7) is 12.9. The third-order valence-electron chi connectivity index (χ3n) is 4.87. The van der Waals surface area contributed by atoms with Gasteiger partial charge in [-0.1, -0.05) is 20.8 Å². The molecule has 2 heterocycles. The van der Waals surface area contributed by atoms with Crippen LogP contribution >= 0.6 is 0 Å². The van der Waals surface area contributed by atoms with E-state index in [9.17, 15) is 4.39 Å². The normalized spacial score (nSPS) is 11.5. The lowest BCUT2D eigenvalue weighted by Gasteiger charge is -2.18. The summed E-state index contributed by atoms with van der Waals surface area (Å²) < 4.78 is 15.5.